The van der Waals surface area contributed by atoms with Gasteiger partial charge in [-0.15, -0.1) is 0 Å². The summed E-state index contributed by atoms with van der Waals surface area (Å²) in [5.41, 5.74) is 2.83. The lowest BCUT2D eigenvalue weighted by Gasteiger charge is -2.36. The molecule has 5 rings (SSSR count). The predicted octanol–water partition coefficient (Wildman–Crippen LogP) is 2.02. The van der Waals surface area contributed by atoms with Crippen molar-refractivity contribution in [3.05, 3.63) is 69.4 Å². The first-order valence-corrected chi connectivity index (χ1v) is 11.3. The molecule has 0 radical (unpaired) electrons. The molecule has 172 valence electrons. The van der Waals surface area contributed by atoms with E-state index >= 15 is 0 Å². The minimum Gasteiger partial charge on any atom is -0.495 e. The molecule has 1 aliphatic rings. The fraction of sp³-hybridized carbons (Fsp3) is 0.360. The number of fused-ring (bicyclic) bond motifs is 3. The molecular weight excluding hydrogens is 418 g/mol. The Kier molecular flexibility index (Phi) is 5.46. The fourth-order valence-corrected chi connectivity index (χ4v) is 4.99. The first-order valence-electron chi connectivity index (χ1n) is 11.3. The number of ether oxygens (including phenoxy) is 1. The minimum absolute atomic E-state index is 0.223. The number of rotatable bonds is 5. The summed E-state index contributed by atoms with van der Waals surface area (Å²) in [4.78, 5) is 31.1. The first kappa shape index (κ1) is 21.3. The molecule has 0 N–H and O–H groups in total. The van der Waals surface area contributed by atoms with Gasteiger partial charge in [0.05, 0.1) is 23.8 Å². The summed E-state index contributed by atoms with van der Waals surface area (Å²) in [6.07, 6.45) is 0. The Morgan fingerprint density at radius 2 is 1.52 bits per heavy atom. The second kappa shape index (κ2) is 8.44. The van der Waals surface area contributed by atoms with Crippen molar-refractivity contribution in [3.63, 3.8) is 0 Å². The van der Waals surface area contributed by atoms with E-state index in [4.69, 9.17) is 4.74 Å². The molecule has 0 saturated carbocycles. The zero-order chi connectivity index (χ0) is 23.1. The Balaban J connectivity index is 1.37. The van der Waals surface area contributed by atoms with Crippen molar-refractivity contribution in [3.8, 4) is 5.75 Å². The number of hydrogen-bond acceptors (Lipinski definition) is 5. The topological polar surface area (TPSA) is 64.6 Å². The quantitative estimate of drug-likeness (QED) is 0.468. The molecule has 1 aliphatic heterocycles. The van der Waals surface area contributed by atoms with Crippen molar-refractivity contribution in [2.24, 2.45) is 14.1 Å². The lowest BCUT2D eigenvalue weighted by Crippen LogP contribution is -2.49. The molecule has 0 spiro atoms. The fourth-order valence-electron chi connectivity index (χ4n) is 4.99. The van der Waals surface area contributed by atoms with E-state index in [-0.39, 0.29) is 11.2 Å². The Morgan fingerprint density at radius 3 is 2.27 bits per heavy atom. The average Bonchev–Trinajstić information content (AvgIpc) is 3.16. The van der Waals surface area contributed by atoms with Gasteiger partial charge >= 0.3 is 5.69 Å². The summed E-state index contributed by atoms with van der Waals surface area (Å²) < 4.78 is 10.4. The largest absolute Gasteiger partial charge is 0.495 e. The highest BCUT2D eigenvalue weighted by Crippen LogP contribution is 2.28. The van der Waals surface area contributed by atoms with Gasteiger partial charge in [-0.2, -0.15) is 0 Å². The van der Waals surface area contributed by atoms with Crippen LogP contribution in [0.3, 0.4) is 0 Å². The predicted molar refractivity (Wildman–Crippen MR) is 132 cm³/mol. The lowest BCUT2D eigenvalue weighted by atomic mass is 10.2. The third kappa shape index (κ3) is 3.51. The van der Waals surface area contributed by atoms with E-state index in [9.17, 15) is 9.59 Å². The van der Waals surface area contributed by atoms with Crippen LogP contribution in [0, 0.1) is 0 Å². The number of hydrogen-bond donors (Lipinski definition) is 0. The molecule has 0 amide bonds. The lowest BCUT2D eigenvalue weighted by molar-refractivity contribution is 0.244. The second-order valence-electron chi connectivity index (χ2n) is 8.57. The number of para-hydroxylation sites is 3. The van der Waals surface area contributed by atoms with Crippen molar-refractivity contribution in [1.29, 1.82) is 0 Å². The van der Waals surface area contributed by atoms with Gasteiger partial charge in [0, 0.05) is 58.8 Å². The van der Waals surface area contributed by atoms with Crippen LogP contribution >= 0.6 is 0 Å². The monoisotopic (exact) mass is 447 g/mol. The van der Waals surface area contributed by atoms with Crippen LogP contribution in [0.25, 0.3) is 21.9 Å². The SMILES string of the molecule is COc1ccccc1N1CCN(CCn2c(=O)c3c(c4ccccc4n3C)n(C)c2=O)CC1. The zero-order valence-electron chi connectivity index (χ0n) is 19.3. The molecule has 0 bridgehead atoms. The van der Waals surface area contributed by atoms with Crippen molar-refractivity contribution >= 4 is 27.6 Å². The first-order chi connectivity index (χ1) is 16.0. The molecule has 8 heteroatoms. The summed E-state index contributed by atoms with van der Waals surface area (Å²) in [7, 11) is 5.33. The van der Waals surface area contributed by atoms with Gasteiger partial charge in [0.2, 0.25) is 0 Å². The Hall–Kier alpha value is -3.52. The van der Waals surface area contributed by atoms with Crippen molar-refractivity contribution in [2.75, 3.05) is 44.7 Å². The molecular formula is C25H29N5O3. The maximum absolute atomic E-state index is 13.4. The van der Waals surface area contributed by atoms with Crippen LogP contribution < -0.4 is 20.9 Å². The van der Waals surface area contributed by atoms with Crippen molar-refractivity contribution in [2.45, 2.75) is 6.54 Å². The van der Waals surface area contributed by atoms with Crippen LogP contribution in [-0.2, 0) is 20.6 Å². The van der Waals surface area contributed by atoms with E-state index in [0.717, 1.165) is 48.5 Å². The number of piperazine rings is 1. The Bertz CT molecular complexity index is 1440. The number of aromatic nitrogens is 3. The highest BCUT2D eigenvalue weighted by molar-refractivity contribution is 6.05. The molecule has 0 unspecified atom stereocenters. The highest BCUT2D eigenvalue weighted by Gasteiger charge is 2.21. The molecule has 2 aromatic carbocycles. The van der Waals surface area contributed by atoms with Crippen LogP contribution in [0.5, 0.6) is 5.75 Å². The van der Waals surface area contributed by atoms with E-state index in [2.05, 4.69) is 15.9 Å². The summed E-state index contributed by atoms with van der Waals surface area (Å²) in [6.45, 7) is 4.50. The Morgan fingerprint density at radius 1 is 0.818 bits per heavy atom. The summed E-state index contributed by atoms with van der Waals surface area (Å²) in [6, 6.07) is 15.9. The van der Waals surface area contributed by atoms with Gasteiger partial charge < -0.3 is 14.2 Å². The molecule has 0 aliphatic carbocycles. The normalized spacial score (nSPS) is 14.9. The van der Waals surface area contributed by atoms with E-state index < -0.39 is 0 Å². The molecule has 4 aromatic rings. The third-order valence-corrected chi connectivity index (χ3v) is 6.82. The minimum atomic E-state index is -0.267. The zero-order valence-corrected chi connectivity index (χ0v) is 19.3. The highest BCUT2D eigenvalue weighted by atomic mass is 16.5. The summed E-state index contributed by atoms with van der Waals surface area (Å²) in [5.74, 6) is 0.879. The molecule has 8 nitrogen and oxygen atoms in total. The molecule has 33 heavy (non-hydrogen) atoms. The van der Waals surface area contributed by atoms with Crippen LogP contribution in [0.1, 0.15) is 0 Å². The molecule has 0 atom stereocenters. The van der Waals surface area contributed by atoms with E-state index in [0.29, 0.717) is 24.1 Å². The van der Waals surface area contributed by atoms with Gasteiger partial charge in [-0.1, -0.05) is 30.3 Å². The molecule has 1 saturated heterocycles. The van der Waals surface area contributed by atoms with Gasteiger partial charge in [-0.25, -0.2) is 4.79 Å². The van der Waals surface area contributed by atoms with Gasteiger partial charge in [-0.05, 0) is 18.2 Å². The number of methoxy groups -OCH3 is 1. The van der Waals surface area contributed by atoms with Gasteiger partial charge in [0.1, 0.15) is 11.3 Å². The molecule has 1 fully saturated rings. The van der Waals surface area contributed by atoms with E-state index in [1.807, 2.05) is 54.1 Å². The van der Waals surface area contributed by atoms with Gasteiger partial charge in [0.15, 0.2) is 0 Å². The van der Waals surface area contributed by atoms with Crippen LogP contribution in [0.2, 0.25) is 0 Å². The van der Waals surface area contributed by atoms with Crippen LogP contribution in [-0.4, -0.2) is 58.4 Å². The summed E-state index contributed by atoms with van der Waals surface area (Å²) >= 11 is 0. The van der Waals surface area contributed by atoms with Crippen molar-refractivity contribution < 1.29 is 4.74 Å². The maximum atomic E-state index is 13.4. The maximum Gasteiger partial charge on any atom is 0.331 e. The number of nitrogens with zero attached hydrogens (tertiary/aromatic N) is 5. The van der Waals surface area contributed by atoms with Crippen LogP contribution in [0.4, 0.5) is 5.69 Å². The van der Waals surface area contributed by atoms with Crippen molar-refractivity contribution in [1.82, 2.24) is 18.6 Å². The number of benzene rings is 2. The average molecular weight is 448 g/mol. The van der Waals surface area contributed by atoms with E-state index in [1.165, 1.54) is 4.57 Å². The van der Waals surface area contributed by atoms with Gasteiger partial charge in [0.25, 0.3) is 5.56 Å². The molecule has 3 heterocycles. The third-order valence-electron chi connectivity index (χ3n) is 6.82. The number of anilines is 1. The Labute approximate surface area is 191 Å². The standard InChI is InChI=1S/C25H29N5O3/c1-26-19-9-5-4-8-18(19)22-23(26)24(31)30(25(32)27(22)2)17-14-28-12-15-29(16-13-28)20-10-6-7-11-21(20)33-3/h4-11H,12-17H2,1-3H3. The summed E-state index contributed by atoms with van der Waals surface area (Å²) in [5, 5.41) is 0.923. The van der Waals surface area contributed by atoms with Gasteiger partial charge in [-0.3, -0.25) is 18.8 Å². The second-order valence-corrected chi connectivity index (χ2v) is 8.57. The molecule has 2 aromatic heterocycles. The number of aryl methyl sites for hydroxylation is 2. The smallest absolute Gasteiger partial charge is 0.331 e. The van der Waals surface area contributed by atoms with E-state index in [1.54, 1.807) is 18.7 Å². The van der Waals surface area contributed by atoms with Crippen LogP contribution in [0.15, 0.2) is 58.1 Å².